The Bertz CT molecular complexity index is 469. The van der Waals surface area contributed by atoms with Crippen molar-refractivity contribution in [1.29, 1.82) is 0 Å². The summed E-state index contributed by atoms with van der Waals surface area (Å²) in [7, 11) is 0. The average Bonchev–Trinajstić information content (AvgIpc) is 2.66. The van der Waals surface area contributed by atoms with Crippen LogP contribution in [0.25, 0.3) is 0 Å². The monoisotopic (exact) mass is 251 g/mol. The molecule has 0 N–H and O–H groups in total. The van der Waals surface area contributed by atoms with Crippen LogP contribution in [0.4, 0.5) is 5.69 Å². The maximum atomic E-state index is 11.0. The molecule has 4 nitrogen and oxygen atoms in total. The smallest absolute Gasteiger partial charge is 0.273 e. The Kier molecular flexibility index (Phi) is 2.60. The zero-order valence-electron chi connectivity index (χ0n) is 9.35. The van der Waals surface area contributed by atoms with Gasteiger partial charge in [0.25, 0.3) is 5.69 Å². The Balaban J connectivity index is 1.97. The van der Waals surface area contributed by atoms with E-state index in [2.05, 4.69) is 0 Å². The minimum Gasteiger partial charge on any atom is -0.381 e. The average molecular weight is 251 g/mol. The molecule has 1 aromatic rings. The first-order chi connectivity index (χ1) is 8.20. The summed E-state index contributed by atoms with van der Waals surface area (Å²) in [6.07, 6.45) is 2.79. The molecular formula is C12H13NO3S. The van der Waals surface area contributed by atoms with E-state index >= 15 is 0 Å². The van der Waals surface area contributed by atoms with Crippen LogP contribution in [0.2, 0.25) is 0 Å². The number of nitrogens with zero attached hydrogens (tertiary/aromatic N) is 1. The summed E-state index contributed by atoms with van der Waals surface area (Å²) in [6.45, 7) is 1.55. The number of fused-ring (bicyclic) bond motifs is 1. The van der Waals surface area contributed by atoms with Crippen LogP contribution in [0.3, 0.4) is 0 Å². The van der Waals surface area contributed by atoms with Gasteiger partial charge in [-0.25, -0.2) is 0 Å². The molecule has 2 aliphatic rings. The van der Waals surface area contributed by atoms with E-state index < -0.39 is 0 Å². The second kappa shape index (κ2) is 3.99. The Labute approximate surface area is 103 Å². The molecule has 0 aromatic heterocycles. The number of hydrogen-bond donors (Lipinski definition) is 0. The van der Waals surface area contributed by atoms with Gasteiger partial charge in [-0.2, -0.15) is 0 Å². The number of thioether (sulfide) groups is 1. The standard InChI is InChI=1S/C12H13NO3S/c14-13(15)10-2-1-3-11-9(10)8-12(17-11)4-6-16-7-5-12/h1-3H,4-8H2. The number of nitro benzene ring substituents is 1. The molecule has 90 valence electrons. The fraction of sp³-hybridized carbons (Fsp3) is 0.500. The van der Waals surface area contributed by atoms with Gasteiger partial charge in [-0.15, -0.1) is 11.8 Å². The van der Waals surface area contributed by atoms with Gasteiger partial charge in [0.1, 0.15) is 0 Å². The summed E-state index contributed by atoms with van der Waals surface area (Å²) in [5.41, 5.74) is 1.20. The molecule has 0 atom stereocenters. The van der Waals surface area contributed by atoms with E-state index in [0.29, 0.717) is 0 Å². The molecular weight excluding hydrogens is 238 g/mol. The van der Waals surface area contributed by atoms with Crippen molar-refractivity contribution in [2.24, 2.45) is 0 Å². The highest BCUT2D eigenvalue weighted by Gasteiger charge is 2.42. The molecule has 2 aliphatic heterocycles. The summed E-state index contributed by atoms with van der Waals surface area (Å²) in [5, 5.41) is 11.0. The molecule has 1 aromatic carbocycles. The van der Waals surface area contributed by atoms with Crippen LogP contribution in [-0.2, 0) is 11.2 Å². The SMILES string of the molecule is O=[N+]([O-])c1cccc2c1CC1(CCOCC1)S2. The molecule has 17 heavy (non-hydrogen) atoms. The maximum Gasteiger partial charge on any atom is 0.273 e. The van der Waals surface area contributed by atoms with E-state index in [0.717, 1.165) is 42.9 Å². The molecule has 5 heteroatoms. The number of ether oxygens (including phenoxy) is 1. The minimum absolute atomic E-state index is 0.146. The molecule has 3 rings (SSSR count). The normalized spacial score (nSPS) is 21.4. The second-order valence-electron chi connectivity index (χ2n) is 4.59. The molecule has 2 heterocycles. The largest absolute Gasteiger partial charge is 0.381 e. The van der Waals surface area contributed by atoms with E-state index in [9.17, 15) is 10.1 Å². The molecule has 0 aliphatic carbocycles. The van der Waals surface area contributed by atoms with Gasteiger partial charge in [0, 0.05) is 34.5 Å². The highest BCUT2D eigenvalue weighted by Crippen LogP contribution is 2.52. The van der Waals surface area contributed by atoms with Crippen molar-refractivity contribution in [3.05, 3.63) is 33.9 Å². The summed E-state index contributed by atoms with van der Waals surface area (Å²) >= 11 is 1.81. The molecule has 1 saturated heterocycles. The van der Waals surface area contributed by atoms with E-state index in [1.165, 1.54) is 0 Å². The van der Waals surface area contributed by atoms with Gasteiger partial charge in [0.2, 0.25) is 0 Å². The third-order valence-corrected chi connectivity index (χ3v) is 5.12. The maximum absolute atomic E-state index is 11.0. The van der Waals surface area contributed by atoms with Crippen molar-refractivity contribution in [3.8, 4) is 0 Å². The first kappa shape index (κ1) is 11.0. The van der Waals surface area contributed by atoms with E-state index in [1.807, 2.05) is 6.07 Å². The lowest BCUT2D eigenvalue weighted by Crippen LogP contribution is -2.32. The van der Waals surface area contributed by atoms with Gasteiger partial charge >= 0.3 is 0 Å². The van der Waals surface area contributed by atoms with Gasteiger partial charge in [-0.05, 0) is 25.3 Å². The van der Waals surface area contributed by atoms with Gasteiger partial charge in [-0.3, -0.25) is 10.1 Å². The fourth-order valence-electron chi connectivity index (χ4n) is 2.61. The lowest BCUT2D eigenvalue weighted by atomic mass is 9.91. The van der Waals surface area contributed by atoms with E-state index in [4.69, 9.17) is 4.74 Å². The Hall–Kier alpha value is -1.07. The van der Waals surface area contributed by atoms with Crippen molar-refractivity contribution in [2.45, 2.75) is 28.9 Å². The third-order valence-electron chi connectivity index (χ3n) is 3.53. The Morgan fingerprint density at radius 2 is 2.12 bits per heavy atom. The molecule has 0 amide bonds. The number of hydrogen-bond acceptors (Lipinski definition) is 4. The van der Waals surface area contributed by atoms with E-state index in [-0.39, 0.29) is 15.4 Å². The Morgan fingerprint density at radius 1 is 1.35 bits per heavy atom. The van der Waals surface area contributed by atoms with Gasteiger partial charge in [0.05, 0.1) is 4.92 Å². The Morgan fingerprint density at radius 3 is 2.82 bits per heavy atom. The predicted molar refractivity (Wildman–Crippen MR) is 65.4 cm³/mol. The van der Waals surface area contributed by atoms with Crippen LogP contribution < -0.4 is 0 Å². The second-order valence-corrected chi connectivity index (χ2v) is 6.10. The summed E-state index contributed by atoms with van der Waals surface area (Å²) in [6, 6.07) is 5.39. The summed E-state index contributed by atoms with van der Waals surface area (Å²) in [5.74, 6) is 0. The molecule has 0 unspecified atom stereocenters. The zero-order chi connectivity index (χ0) is 11.9. The first-order valence-electron chi connectivity index (χ1n) is 5.73. The quantitative estimate of drug-likeness (QED) is 0.569. The first-order valence-corrected chi connectivity index (χ1v) is 6.55. The number of rotatable bonds is 1. The molecule has 0 saturated carbocycles. The van der Waals surface area contributed by atoms with Crippen molar-refractivity contribution >= 4 is 17.4 Å². The van der Waals surface area contributed by atoms with Crippen molar-refractivity contribution in [2.75, 3.05) is 13.2 Å². The van der Waals surface area contributed by atoms with Crippen LogP contribution in [0, 0.1) is 10.1 Å². The lowest BCUT2D eigenvalue weighted by molar-refractivity contribution is -0.385. The van der Waals surface area contributed by atoms with Crippen LogP contribution in [0.5, 0.6) is 0 Å². The molecule has 1 spiro atoms. The zero-order valence-corrected chi connectivity index (χ0v) is 10.2. The lowest BCUT2D eigenvalue weighted by Gasteiger charge is -2.31. The van der Waals surface area contributed by atoms with Crippen molar-refractivity contribution in [1.82, 2.24) is 0 Å². The molecule has 1 fully saturated rings. The highest BCUT2D eigenvalue weighted by molar-refractivity contribution is 8.01. The molecule has 0 radical (unpaired) electrons. The van der Waals surface area contributed by atoms with Gasteiger partial charge in [-0.1, -0.05) is 6.07 Å². The highest BCUT2D eigenvalue weighted by atomic mass is 32.2. The fourth-order valence-corrected chi connectivity index (χ4v) is 4.11. The third kappa shape index (κ3) is 1.83. The summed E-state index contributed by atoms with van der Waals surface area (Å²) < 4.78 is 5.53. The van der Waals surface area contributed by atoms with Crippen LogP contribution in [-0.4, -0.2) is 22.9 Å². The van der Waals surface area contributed by atoms with Gasteiger partial charge < -0.3 is 4.74 Å². The van der Waals surface area contributed by atoms with Gasteiger partial charge in [0.15, 0.2) is 0 Å². The number of nitro groups is 1. The summed E-state index contributed by atoms with van der Waals surface area (Å²) in [4.78, 5) is 11.8. The van der Waals surface area contributed by atoms with Crippen LogP contribution in [0.1, 0.15) is 18.4 Å². The number of benzene rings is 1. The predicted octanol–water partition coefficient (Wildman–Crippen LogP) is 2.79. The minimum atomic E-state index is -0.266. The van der Waals surface area contributed by atoms with Crippen molar-refractivity contribution in [3.63, 3.8) is 0 Å². The van der Waals surface area contributed by atoms with Crippen molar-refractivity contribution < 1.29 is 9.66 Å². The topological polar surface area (TPSA) is 52.4 Å². The molecule has 0 bridgehead atoms. The van der Waals surface area contributed by atoms with E-state index in [1.54, 1.807) is 23.9 Å². The van der Waals surface area contributed by atoms with Crippen LogP contribution in [0.15, 0.2) is 23.1 Å². The van der Waals surface area contributed by atoms with Crippen LogP contribution >= 0.6 is 11.8 Å².